The van der Waals surface area contributed by atoms with E-state index in [0.29, 0.717) is 39.1 Å². The van der Waals surface area contributed by atoms with Crippen LogP contribution in [0, 0.1) is 5.92 Å². The van der Waals surface area contributed by atoms with Gasteiger partial charge in [0.15, 0.2) is 0 Å². The van der Waals surface area contributed by atoms with Gasteiger partial charge >= 0.3 is 6.09 Å². The van der Waals surface area contributed by atoms with E-state index in [9.17, 15) is 9.59 Å². The molecule has 2 rings (SSSR count). The highest BCUT2D eigenvalue weighted by atomic mass is 16.6. The molecule has 2 heterocycles. The van der Waals surface area contributed by atoms with E-state index in [2.05, 4.69) is 0 Å². The van der Waals surface area contributed by atoms with Gasteiger partial charge in [0.2, 0.25) is 0 Å². The van der Waals surface area contributed by atoms with Crippen molar-refractivity contribution >= 4 is 11.9 Å². The molecule has 0 aliphatic carbocycles. The van der Waals surface area contributed by atoms with Gasteiger partial charge in [0.25, 0.3) is 0 Å². The number of rotatable bonds is 4. The summed E-state index contributed by atoms with van der Waals surface area (Å²) in [6, 6.07) is -0.141. The maximum Gasteiger partial charge on any atom is 0.410 e. The first-order valence-electron chi connectivity index (χ1n) is 7.92. The van der Waals surface area contributed by atoms with Crippen molar-refractivity contribution in [1.29, 1.82) is 0 Å². The Kier molecular flexibility index (Phi) is 5.45. The Labute approximate surface area is 132 Å². The molecular formula is C16H27NO5. The number of methoxy groups -OCH3 is 1. The van der Waals surface area contributed by atoms with Crippen LogP contribution in [0.15, 0.2) is 0 Å². The third-order valence-corrected chi connectivity index (χ3v) is 4.13. The Balaban J connectivity index is 2.02. The smallest absolute Gasteiger partial charge is 0.410 e. The molecule has 2 fully saturated rings. The SMILES string of the molecule is COCCC(=O)C1CC2COCC(C1)N2C(=O)OC(C)(C)C. The Morgan fingerprint density at radius 3 is 2.27 bits per heavy atom. The van der Waals surface area contributed by atoms with Crippen molar-refractivity contribution in [3.05, 3.63) is 0 Å². The van der Waals surface area contributed by atoms with Crippen LogP contribution in [-0.2, 0) is 19.0 Å². The summed E-state index contributed by atoms with van der Waals surface area (Å²) in [5, 5.41) is 0. The molecular weight excluding hydrogens is 286 g/mol. The zero-order valence-electron chi connectivity index (χ0n) is 14.0. The second-order valence-corrected chi connectivity index (χ2v) is 7.11. The highest BCUT2D eigenvalue weighted by Crippen LogP contribution is 2.33. The fourth-order valence-electron chi connectivity index (χ4n) is 3.20. The lowest BCUT2D eigenvalue weighted by atomic mass is 9.82. The molecule has 0 aromatic rings. The number of carbonyl (C=O) groups is 2. The van der Waals surface area contributed by atoms with Crippen LogP contribution in [0.25, 0.3) is 0 Å². The number of amides is 1. The van der Waals surface area contributed by atoms with Gasteiger partial charge in [0.05, 0.1) is 31.9 Å². The quantitative estimate of drug-likeness (QED) is 0.794. The van der Waals surface area contributed by atoms with E-state index in [-0.39, 0.29) is 29.9 Å². The van der Waals surface area contributed by atoms with Gasteiger partial charge in [0.1, 0.15) is 11.4 Å². The lowest BCUT2D eigenvalue weighted by Crippen LogP contribution is -2.60. The third kappa shape index (κ3) is 4.20. The summed E-state index contributed by atoms with van der Waals surface area (Å²) in [5.74, 6) is 0.218. The van der Waals surface area contributed by atoms with Crippen LogP contribution >= 0.6 is 0 Å². The number of carbonyl (C=O) groups excluding carboxylic acids is 2. The monoisotopic (exact) mass is 313 g/mol. The molecule has 2 aliphatic rings. The molecule has 2 saturated heterocycles. The summed E-state index contributed by atoms with van der Waals surface area (Å²) in [6.45, 7) is 6.99. The summed E-state index contributed by atoms with van der Waals surface area (Å²) < 4.78 is 16.1. The summed E-state index contributed by atoms with van der Waals surface area (Å²) >= 11 is 0. The number of hydrogen-bond donors (Lipinski definition) is 0. The molecule has 0 N–H and O–H groups in total. The average molecular weight is 313 g/mol. The molecule has 6 nitrogen and oxygen atoms in total. The first-order valence-corrected chi connectivity index (χ1v) is 7.92. The largest absolute Gasteiger partial charge is 0.444 e. The van der Waals surface area contributed by atoms with E-state index in [0.717, 1.165) is 0 Å². The molecule has 1 amide bonds. The summed E-state index contributed by atoms with van der Waals surface area (Å²) in [6.07, 6.45) is 1.44. The Bertz CT molecular complexity index is 403. The van der Waals surface area contributed by atoms with Gasteiger partial charge in [0, 0.05) is 19.4 Å². The predicted molar refractivity (Wildman–Crippen MR) is 80.7 cm³/mol. The average Bonchev–Trinajstić information content (AvgIpc) is 2.41. The number of hydrogen-bond acceptors (Lipinski definition) is 5. The van der Waals surface area contributed by atoms with Crippen molar-refractivity contribution in [1.82, 2.24) is 4.90 Å². The summed E-state index contributed by atoms with van der Waals surface area (Å²) in [7, 11) is 1.60. The van der Waals surface area contributed by atoms with Gasteiger partial charge in [-0.15, -0.1) is 0 Å². The van der Waals surface area contributed by atoms with Crippen LogP contribution in [0.2, 0.25) is 0 Å². The molecule has 0 aromatic heterocycles. The lowest BCUT2D eigenvalue weighted by Gasteiger charge is -2.47. The second-order valence-electron chi connectivity index (χ2n) is 7.11. The molecule has 2 atom stereocenters. The minimum absolute atomic E-state index is 0.00673. The number of nitrogens with zero attached hydrogens (tertiary/aromatic N) is 1. The second kappa shape index (κ2) is 6.96. The van der Waals surface area contributed by atoms with Crippen LogP contribution in [0.4, 0.5) is 4.79 Å². The van der Waals surface area contributed by atoms with E-state index < -0.39 is 5.60 Å². The minimum atomic E-state index is -0.516. The summed E-state index contributed by atoms with van der Waals surface area (Å²) in [4.78, 5) is 26.4. The highest BCUT2D eigenvalue weighted by molar-refractivity contribution is 5.81. The first kappa shape index (κ1) is 17.2. The normalized spacial score (nSPS) is 28.4. The highest BCUT2D eigenvalue weighted by Gasteiger charge is 2.44. The molecule has 0 spiro atoms. The Morgan fingerprint density at radius 2 is 1.77 bits per heavy atom. The van der Waals surface area contributed by atoms with Gasteiger partial charge in [-0.1, -0.05) is 0 Å². The molecule has 0 aromatic carbocycles. The van der Waals surface area contributed by atoms with E-state index in [1.165, 1.54) is 0 Å². The lowest BCUT2D eigenvalue weighted by molar-refractivity contribution is -0.133. The van der Waals surface area contributed by atoms with E-state index in [1.807, 2.05) is 20.8 Å². The zero-order chi connectivity index (χ0) is 16.3. The number of Topliss-reactive ketones (excluding diaryl/α,β-unsaturated/α-hetero) is 1. The van der Waals surface area contributed by atoms with Gasteiger partial charge in [-0.3, -0.25) is 9.69 Å². The molecule has 0 saturated carbocycles. The van der Waals surface area contributed by atoms with E-state index in [1.54, 1.807) is 12.0 Å². The van der Waals surface area contributed by atoms with Gasteiger partial charge in [-0.2, -0.15) is 0 Å². The Morgan fingerprint density at radius 1 is 1.18 bits per heavy atom. The van der Waals surface area contributed by atoms with Crippen LogP contribution in [-0.4, -0.2) is 61.4 Å². The molecule has 6 heteroatoms. The standard InChI is InChI=1S/C16H27NO5/c1-16(2,3)22-15(19)17-12-7-11(14(18)5-6-20-4)8-13(17)10-21-9-12/h11-13H,5-10H2,1-4H3. The number of ketones is 1. The van der Waals surface area contributed by atoms with Crippen molar-refractivity contribution in [2.24, 2.45) is 5.92 Å². The number of morpholine rings is 1. The van der Waals surface area contributed by atoms with Crippen molar-refractivity contribution < 1.29 is 23.8 Å². The van der Waals surface area contributed by atoms with Crippen molar-refractivity contribution in [3.8, 4) is 0 Å². The van der Waals surface area contributed by atoms with Gasteiger partial charge in [-0.25, -0.2) is 4.79 Å². The van der Waals surface area contributed by atoms with Crippen LogP contribution in [0.1, 0.15) is 40.0 Å². The van der Waals surface area contributed by atoms with Crippen molar-refractivity contribution in [2.45, 2.75) is 57.7 Å². The van der Waals surface area contributed by atoms with Crippen LogP contribution in [0.5, 0.6) is 0 Å². The topological polar surface area (TPSA) is 65.1 Å². The van der Waals surface area contributed by atoms with Crippen LogP contribution < -0.4 is 0 Å². The first-order chi connectivity index (χ1) is 10.3. The van der Waals surface area contributed by atoms with Gasteiger partial charge < -0.3 is 14.2 Å². The minimum Gasteiger partial charge on any atom is -0.444 e. The maximum atomic E-state index is 12.4. The van der Waals surface area contributed by atoms with Gasteiger partial charge in [-0.05, 0) is 33.6 Å². The third-order valence-electron chi connectivity index (χ3n) is 4.13. The number of ether oxygens (including phenoxy) is 3. The van der Waals surface area contributed by atoms with E-state index in [4.69, 9.17) is 14.2 Å². The summed E-state index contributed by atoms with van der Waals surface area (Å²) in [5.41, 5.74) is -0.516. The zero-order valence-corrected chi connectivity index (χ0v) is 14.0. The number of piperidine rings is 1. The molecule has 2 aliphatic heterocycles. The van der Waals surface area contributed by atoms with Crippen molar-refractivity contribution in [2.75, 3.05) is 26.9 Å². The Hall–Kier alpha value is -1.14. The molecule has 126 valence electrons. The molecule has 22 heavy (non-hydrogen) atoms. The maximum absolute atomic E-state index is 12.4. The number of fused-ring (bicyclic) bond motifs is 2. The molecule has 2 bridgehead atoms. The molecule has 2 unspecified atom stereocenters. The molecule has 0 radical (unpaired) electrons. The van der Waals surface area contributed by atoms with E-state index >= 15 is 0 Å². The van der Waals surface area contributed by atoms with Crippen LogP contribution in [0.3, 0.4) is 0 Å². The fourth-order valence-corrected chi connectivity index (χ4v) is 3.20. The van der Waals surface area contributed by atoms with Crippen molar-refractivity contribution in [3.63, 3.8) is 0 Å². The predicted octanol–water partition coefficient (Wildman–Crippen LogP) is 2.01. The fraction of sp³-hybridized carbons (Fsp3) is 0.875.